The molecule has 2 N–H and O–H groups in total. The predicted molar refractivity (Wildman–Crippen MR) is 71.3 cm³/mol. The van der Waals surface area contributed by atoms with E-state index in [-0.39, 0.29) is 10.8 Å². The quantitative estimate of drug-likeness (QED) is 0.704. The number of hydrogen-bond donors (Lipinski definition) is 2. The summed E-state index contributed by atoms with van der Waals surface area (Å²) in [4.78, 5) is 22.1. The first-order valence-corrected chi connectivity index (χ1v) is 5.87. The highest BCUT2D eigenvalue weighted by molar-refractivity contribution is 6.28. The summed E-state index contributed by atoms with van der Waals surface area (Å²) in [7, 11) is 0. The molecule has 0 atom stereocenters. The Hall–Kier alpha value is -2.40. The van der Waals surface area contributed by atoms with Crippen LogP contribution >= 0.6 is 11.6 Å². The molecule has 0 radical (unpaired) electrons. The van der Waals surface area contributed by atoms with Crippen LogP contribution in [0.2, 0.25) is 5.28 Å². The van der Waals surface area contributed by atoms with E-state index in [9.17, 15) is 4.79 Å². The van der Waals surface area contributed by atoms with Gasteiger partial charge in [0, 0.05) is 23.3 Å². The maximum Gasteiger partial charge on any atom is 0.337 e. The molecule has 3 aromatic rings. The van der Waals surface area contributed by atoms with E-state index in [0.717, 1.165) is 10.9 Å². The molecule has 0 aliphatic carbocycles. The SMILES string of the molecule is O=C(O)c1cccc2c(-c3ccnc(Cl)n3)c[nH]c12. The highest BCUT2D eigenvalue weighted by Crippen LogP contribution is 2.29. The number of halogens is 1. The molecule has 0 unspecified atom stereocenters. The fourth-order valence-corrected chi connectivity index (χ4v) is 2.18. The summed E-state index contributed by atoms with van der Waals surface area (Å²) >= 11 is 5.77. The van der Waals surface area contributed by atoms with E-state index in [1.54, 1.807) is 30.6 Å². The smallest absolute Gasteiger partial charge is 0.337 e. The summed E-state index contributed by atoms with van der Waals surface area (Å²) in [6.07, 6.45) is 3.28. The molecule has 2 aromatic heterocycles. The Balaban J connectivity index is 2.27. The molecule has 0 spiro atoms. The highest BCUT2D eigenvalue weighted by Gasteiger charge is 2.13. The fraction of sp³-hybridized carbons (Fsp3) is 0. The number of H-pyrrole nitrogens is 1. The fourth-order valence-electron chi connectivity index (χ4n) is 2.03. The van der Waals surface area contributed by atoms with E-state index in [4.69, 9.17) is 16.7 Å². The highest BCUT2D eigenvalue weighted by atomic mass is 35.5. The van der Waals surface area contributed by atoms with Gasteiger partial charge >= 0.3 is 5.97 Å². The number of aromatic nitrogens is 3. The maximum atomic E-state index is 11.1. The lowest BCUT2D eigenvalue weighted by molar-refractivity contribution is 0.0699. The van der Waals surface area contributed by atoms with Crippen LogP contribution in [0.5, 0.6) is 0 Å². The van der Waals surface area contributed by atoms with E-state index < -0.39 is 5.97 Å². The number of carboxylic acids is 1. The van der Waals surface area contributed by atoms with Gasteiger partial charge in [-0.25, -0.2) is 14.8 Å². The van der Waals surface area contributed by atoms with Crippen molar-refractivity contribution in [3.8, 4) is 11.3 Å². The zero-order valence-electron chi connectivity index (χ0n) is 9.59. The Bertz CT molecular complexity index is 782. The average Bonchev–Trinajstić information content (AvgIpc) is 2.82. The number of para-hydroxylation sites is 1. The largest absolute Gasteiger partial charge is 0.478 e. The zero-order valence-corrected chi connectivity index (χ0v) is 10.3. The average molecular weight is 274 g/mol. The second-order valence-electron chi connectivity index (χ2n) is 3.95. The van der Waals surface area contributed by atoms with Gasteiger partial charge in [0.2, 0.25) is 5.28 Å². The van der Waals surface area contributed by atoms with Crippen LogP contribution in [0.3, 0.4) is 0 Å². The van der Waals surface area contributed by atoms with Gasteiger partial charge < -0.3 is 10.1 Å². The number of benzene rings is 1. The molecule has 0 fully saturated rings. The second kappa shape index (κ2) is 4.37. The molecule has 1 aromatic carbocycles. The summed E-state index contributed by atoms with van der Waals surface area (Å²) in [5, 5.41) is 10.1. The number of aromatic carboxylic acids is 1. The topological polar surface area (TPSA) is 78.9 Å². The van der Waals surface area contributed by atoms with Crippen molar-refractivity contribution >= 4 is 28.5 Å². The minimum Gasteiger partial charge on any atom is -0.478 e. The summed E-state index contributed by atoms with van der Waals surface area (Å²) in [6, 6.07) is 6.81. The monoisotopic (exact) mass is 273 g/mol. The van der Waals surface area contributed by atoms with Crippen molar-refractivity contribution in [1.29, 1.82) is 0 Å². The van der Waals surface area contributed by atoms with Gasteiger partial charge in [0.25, 0.3) is 0 Å². The molecule has 94 valence electrons. The molecular formula is C13H8ClN3O2. The minimum atomic E-state index is -0.972. The van der Waals surface area contributed by atoms with Crippen LogP contribution in [-0.4, -0.2) is 26.0 Å². The Morgan fingerprint density at radius 2 is 2.16 bits per heavy atom. The third-order valence-electron chi connectivity index (χ3n) is 2.85. The normalized spacial score (nSPS) is 10.8. The molecule has 0 amide bonds. The lowest BCUT2D eigenvalue weighted by Crippen LogP contribution is -1.96. The molecule has 0 aliphatic heterocycles. The number of nitrogens with one attached hydrogen (secondary N) is 1. The van der Waals surface area contributed by atoms with E-state index >= 15 is 0 Å². The second-order valence-corrected chi connectivity index (χ2v) is 4.28. The van der Waals surface area contributed by atoms with Crippen molar-refractivity contribution in [3.63, 3.8) is 0 Å². The van der Waals surface area contributed by atoms with Crippen LogP contribution in [0.4, 0.5) is 0 Å². The molecule has 0 saturated heterocycles. The van der Waals surface area contributed by atoms with Gasteiger partial charge in [-0.1, -0.05) is 12.1 Å². The zero-order chi connectivity index (χ0) is 13.4. The van der Waals surface area contributed by atoms with Crippen molar-refractivity contribution in [2.45, 2.75) is 0 Å². The summed E-state index contributed by atoms with van der Waals surface area (Å²) in [5.74, 6) is -0.972. The van der Waals surface area contributed by atoms with E-state index in [1.165, 1.54) is 0 Å². The summed E-state index contributed by atoms with van der Waals surface area (Å²) in [5.41, 5.74) is 2.24. The number of hydrogen-bond acceptors (Lipinski definition) is 3. The molecule has 3 rings (SSSR count). The van der Waals surface area contributed by atoms with Crippen LogP contribution in [-0.2, 0) is 0 Å². The Morgan fingerprint density at radius 1 is 1.32 bits per heavy atom. The van der Waals surface area contributed by atoms with Crippen molar-refractivity contribution in [3.05, 3.63) is 47.5 Å². The predicted octanol–water partition coefficient (Wildman–Crippen LogP) is 2.98. The van der Waals surface area contributed by atoms with Crippen molar-refractivity contribution < 1.29 is 9.90 Å². The molecule has 0 aliphatic rings. The number of fused-ring (bicyclic) bond motifs is 1. The molecule has 0 bridgehead atoms. The Labute approximate surface area is 112 Å². The van der Waals surface area contributed by atoms with Gasteiger partial charge in [0.15, 0.2) is 0 Å². The van der Waals surface area contributed by atoms with Crippen molar-refractivity contribution in [1.82, 2.24) is 15.0 Å². The molecule has 19 heavy (non-hydrogen) atoms. The summed E-state index contributed by atoms with van der Waals surface area (Å²) in [6.45, 7) is 0. The van der Waals surface area contributed by atoms with Gasteiger partial charge in [0.1, 0.15) is 0 Å². The van der Waals surface area contributed by atoms with Crippen molar-refractivity contribution in [2.24, 2.45) is 0 Å². The molecular weight excluding hydrogens is 266 g/mol. The number of carboxylic acid groups (broad SMARTS) is 1. The van der Waals surface area contributed by atoms with Gasteiger partial charge in [-0.15, -0.1) is 0 Å². The minimum absolute atomic E-state index is 0.154. The lowest BCUT2D eigenvalue weighted by Gasteiger charge is -2.00. The number of rotatable bonds is 2. The molecule has 2 heterocycles. The van der Waals surface area contributed by atoms with Crippen molar-refractivity contribution in [2.75, 3.05) is 0 Å². The standard InChI is InChI=1S/C13H8ClN3O2/c14-13-15-5-4-10(17-13)9-6-16-11-7(9)2-1-3-8(11)12(18)19/h1-6,16H,(H,18,19). The molecule has 0 saturated carbocycles. The van der Waals surface area contributed by atoms with Gasteiger partial charge in [-0.2, -0.15) is 0 Å². The first-order valence-electron chi connectivity index (χ1n) is 5.49. The lowest BCUT2D eigenvalue weighted by atomic mass is 10.1. The van der Waals surface area contributed by atoms with Crippen LogP contribution in [0.15, 0.2) is 36.7 Å². The Morgan fingerprint density at radius 3 is 2.89 bits per heavy atom. The third-order valence-corrected chi connectivity index (χ3v) is 3.03. The molecule has 6 heteroatoms. The van der Waals surface area contributed by atoms with Crippen LogP contribution in [0.1, 0.15) is 10.4 Å². The van der Waals surface area contributed by atoms with Crippen LogP contribution in [0, 0.1) is 0 Å². The van der Waals surface area contributed by atoms with E-state index in [0.29, 0.717) is 11.2 Å². The van der Waals surface area contributed by atoms with Crippen LogP contribution < -0.4 is 0 Å². The van der Waals surface area contributed by atoms with Gasteiger partial charge in [-0.3, -0.25) is 0 Å². The van der Waals surface area contributed by atoms with Crippen LogP contribution in [0.25, 0.3) is 22.2 Å². The first-order chi connectivity index (χ1) is 9.16. The number of aromatic amines is 1. The first kappa shape index (κ1) is 11.7. The number of carbonyl (C=O) groups is 1. The van der Waals surface area contributed by atoms with Gasteiger partial charge in [0.05, 0.1) is 16.8 Å². The Kier molecular flexibility index (Phi) is 2.68. The summed E-state index contributed by atoms with van der Waals surface area (Å²) < 4.78 is 0. The maximum absolute atomic E-state index is 11.1. The van der Waals surface area contributed by atoms with E-state index in [1.807, 2.05) is 6.07 Å². The molecule has 5 nitrogen and oxygen atoms in total. The number of nitrogens with zero attached hydrogens (tertiary/aromatic N) is 2. The van der Waals surface area contributed by atoms with E-state index in [2.05, 4.69) is 15.0 Å². The third kappa shape index (κ3) is 1.94. The van der Waals surface area contributed by atoms with Gasteiger partial charge in [-0.05, 0) is 23.7 Å².